The van der Waals surface area contributed by atoms with E-state index in [4.69, 9.17) is 48.9 Å². The van der Waals surface area contributed by atoms with Crippen molar-refractivity contribution in [2.75, 3.05) is 80.5 Å². The lowest BCUT2D eigenvalue weighted by atomic mass is 10.0. The number of likely N-dealkylation sites (tertiary alicyclic amines) is 4. The fraction of sp³-hybridized carbons (Fsp3) is 0.429. The van der Waals surface area contributed by atoms with Crippen LogP contribution >= 0.6 is 0 Å². The molecule has 16 heteroatoms. The van der Waals surface area contributed by atoms with Crippen LogP contribution in [0.25, 0.3) is 89.7 Å². The molecule has 0 spiro atoms. The average Bonchev–Trinajstić information content (AvgIpc) is 4.14. The minimum atomic E-state index is 0.0468. The van der Waals surface area contributed by atoms with E-state index in [-0.39, 0.29) is 24.4 Å². The molecule has 2 N–H and O–H groups in total. The Kier molecular flexibility index (Phi) is 11.7. The Morgan fingerprint density at radius 3 is 1.11 bits per heavy atom. The molecule has 6 aliphatic rings. The molecule has 7 aromatic rings. The number of ether oxygens (including phenoxy) is 4. The van der Waals surface area contributed by atoms with Gasteiger partial charge in [-0.25, -0.2) is 29.9 Å². The molecule has 0 atom stereocenters. The number of rotatable bonds is 8. The van der Waals surface area contributed by atoms with Crippen molar-refractivity contribution in [3.8, 4) is 68.5 Å². The fourth-order valence-corrected chi connectivity index (χ4v) is 11.4. The molecule has 8 bridgehead atoms. The zero-order chi connectivity index (χ0) is 48.5. The minimum Gasteiger partial charge on any atom is -0.490 e. The molecule has 370 valence electrons. The second-order valence-electron chi connectivity index (χ2n) is 20.8. The highest BCUT2D eigenvalue weighted by Gasteiger charge is 2.31. The summed E-state index contributed by atoms with van der Waals surface area (Å²) in [4.78, 5) is 49.3. The van der Waals surface area contributed by atoms with Crippen molar-refractivity contribution in [3.63, 3.8) is 0 Å². The highest BCUT2D eigenvalue weighted by Crippen LogP contribution is 2.46. The van der Waals surface area contributed by atoms with E-state index in [1.54, 1.807) is 0 Å². The van der Waals surface area contributed by atoms with Crippen molar-refractivity contribution in [3.05, 3.63) is 72.8 Å². The molecule has 4 saturated heterocycles. The standard InChI is InChI=1S/C56H62N12O4/c1-65-25-17-33(18-26-65)69-41-13-5-9-37-45(41)53-57-49(37)62-54-47-39(11-7-15-43(47)71-35-21-29-67(3)30-22-35)51(59-54)64-56-48-40(12-8-16-44(48)72-36-23-31-68(4)32-24-36)52(60-56)63-55-46-38(50(58-55)61-53)10-6-14-42(46)70-34-19-27-66(2)28-20-34/h5-16,33-36H,17-32H2,1-4H3,(H2,57,58,59,60,61,62,63,64). The van der Waals surface area contributed by atoms with Gasteiger partial charge >= 0.3 is 0 Å². The Morgan fingerprint density at radius 2 is 0.681 bits per heavy atom. The molecule has 3 aromatic heterocycles. The quantitative estimate of drug-likeness (QED) is 0.149. The summed E-state index contributed by atoms with van der Waals surface area (Å²) in [6.45, 7) is 7.76. The maximum absolute atomic E-state index is 6.96. The van der Waals surface area contributed by atoms with E-state index in [0.29, 0.717) is 45.9 Å². The third-order valence-electron chi connectivity index (χ3n) is 15.6. The van der Waals surface area contributed by atoms with Crippen molar-refractivity contribution in [1.29, 1.82) is 0 Å². The van der Waals surface area contributed by atoms with Crippen LogP contribution in [0.1, 0.15) is 51.4 Å². The van der Waals surface area contributed by atoms with Crippen LogP contribution in [-0.2, 0) is 0 Å². The molecule has 6 aliphatic heterocycles. The molecule has 0 saturated carbocycles. The average molecular weight is 967 g/mol. The van der Waals surface area contributed by atoms with Crippen molar-refractivity contribution in [2.24, 2.45) is 0 Å². The predicted octanol–water partition coefficient (Wildman–Crippen LogP) is 8.76. The maximum Gasteiger partial charge on any atom is 0.168 e. The van der Waals surface area contributed by atoms with E-state index in [2.05, 4.69) is 88.1 Å². The van der Waals surface area contributed by atoms with Gasteiger partial charge in [-0.2, -0.15) is 0 Å². The molecular weight excluding hydrogens is 905 g/mol. The van der Waals surface area contributed by atoms with E-state index in [1.165, 1.54) is 0 Å². The van der Waals surface area contributed by atoms with Gasteiger partial charge in [0, 0.05) is 74.3 Å². The molecule has 72 heavy (non-hydrogen) atoms. The van der Waals surface area contributed by atoms with Crippen molar-refractivity contribution in [2.45, 2.75) is 75.8 Å². The number of piperidine rings is 4. The number of aromatic nitrogens is 8. The predicted molar refractivity (Wildman–Crippen MR) is 281 cm³/mol. The van der Waals surface area contributed by atoms with Crippen molar-refractivity contribution >= 4 is 44.1 Å². The zero-order valence-electron chi connectivity index (χ0n) is 41.7. The third-order valence-corrected chi connectivity index (χ3v) is 15.6. The van der Waals surface area contributed by atoms with Crippen LogP contribution in [0.3, 0.4) is 0 Å². The molecule has 13 rings (SSSR count). The topological polar surface area (TPSA) is 159 Å². The summed E-state index contributed by atoms with van der Waals surface area (Å²) in [5, 5.41) is 3.41. The van der Waals surface area contributed by atoms with Crippen LogP contribution in [0, 0.1) is 0 Å². The molecule has 0 amide bonds. The first-order chi connectivity index (χ1) is 35.2. The second-order valence-corrected chi connectivity index (χ2v) is 20.8. The molecule has 0 aliphatic carbocycles. The fourth-order valence-electron chi connectivity index (χ4n) is 11.4. The normalized spacial score (nSPS) is 19.2. The maximum atomic E-state index is 6.96. The molecule has 4 aromatic carbocycles. The summed E-state index contributed by atoms with van der Waals surface area (Å²) in [7, 11) is 8.67. The van der Waals surface area contributed by atoms with Crippen LogP contribution in [0.5, 0.6) is 23.0 Å². The smallest absolute Gasteiger partial charge is 0.168 e. The van der Waals surface area contributed by atoms with E-state index in [9.17, 15) is 0 Å². The largest absolute Gasteiger partial charge is 0.490 e. The van der Waals surface area contributed by atoms with Crippen LogP contribution in [-0.4, -0.2) is 164 Å². The molecule has 9 heterocycles. The Hall–Kier alpha value is -6.72. The van der Waals surface area contributed by atoms with Gasteiger partial charge in [0.2, 0.25) is 0 Å². The van der Waals surface area contributed by atoms with E-state index in [1.807, 2.05) is 42.5 Å². The van der Waals surface area contributed by atoms with Crippen LogP contribution in [0.15, 0.2) is 72.8 Å². The first-order valence-electron chi connectivity index (χ1n) is 26.0. The lowest BCUT2D eigenvalue weighted by Gasteiger charge is -2.29. The van der Waals surface area contributed by atoms with Gasteiger partial charge in [0.25, 0.3) is 0 Å². The van der Waals surface area contributed by atoms with Gasteiger partial charge in [-0.15, -0.1) is 0 Å². The van der Waals surface area contributed by atoms with Crippen molar-refractivity contribution in [1.82, 2.24) is 59.5 Å². The van der Waals surface area contributed by atoms with E-state index >= 15 is 0 Å². The van der Waals surface area contributed by atoms with Gasteiger partial charge in [-0.1, -0.05) is 48.5 Å². The zero-order valence-corrected chi connectivity index (χ0v) is 41.7. The SMILES string of the molecule is CN1CCC(Oc2cccc3c2-c2nc4nc(nc5[nH]c(nc6[nH]c(nc-3n2)c2c(OC3CCN(C)CC3)cccc62)c2c(OC3CCN(C)CC3)cccc52)-c2c(OC3CCN(C)CC3)cccc2-4)CC1. The molecular formula is C56H62N12O4. The van der Waals surface area contributed by atoms with Gasteiger partial charge in [0.05, 0.1) is 21.9 Å². The second kappa shape index (κ2) is 18.7. The Labute approximate surface area is 418 Å². The van der Waals surface area contributed by atoms with Gasteiger partial charge in [0.1, 0.15) is 70.0 Å². The van der Waals surface area contributed by atoms with Crippen LogP contribution < -0.4 is 18.9 Å². The number of hydrogen-bond donors (Lipinski definition) is 2. The molecule has 0 unspecified atom stereocenters. The van der Waals surface area contributed by atoms with Crippen LogP contribution in [0.4, 0.5) is 0 Å². The lowest BCUT2D eigenvalue weighted by Crippen LogP contribution is -2.35. The lowest BCUT2D eigenvalue weighted by molar-refractivity contribution is 0.115. The summed E-state index contributed by atoms with van der Waals surface area (Å²) >= 11 is 0. The summed E-state index contributed by atoms with van der Waals surface area (Å²) in [5.41, 5.74) is 5.63. The highest BCUT2D eigenvalue weighted by molar-refractivity contribution is 6.11. The molecule has 16 nitrogen and oxygen atoms in total. The van der Waals surface area contributed by atoms with Gasteiger partial charge in [0.15, 0.2) is 23.3 Å². The Morgan fingerprint density at radius 1 is 0.361 bits per heavy atom. The molecule has 4 fully saturated rings. The first kappa shape index (κ1) is 45.2. The number of nitrogens with zero attached hydrogens (tertiary/aromatic N) is 10. The van der Waals surface area contributed by atoms with Crippen LogP contribution in [0.2, 0.25) is 0 Å². The highest BCUT2D eigenvalue weighted by atomic mass is 16.5. The Bertz CT molecular complexity index is 3360. The number of H-pyrrole nitrogens is 2. The van der Waals surface area contributed by atoms with Gasteiger partial charge < -0.3 is 48.5 Å². The van der Waals surface area contributed by atoms with Crippen molar-refractivity contribution < 1.29 is 18.9 Å². The number of aromatic amines is 2. The van der Waals surface area contributed by atoms with Gasteiger partial charge in [-0.3, -0.25) is 0 Å². The minimum absolute atomic E-state index is 0.0468. The van der Waals surface area contributed by atoms with Gasteiger partial charge in [-0.05, 0) is 104 Å². The summed E-state index contributed by atoms with van der Waals surface area (Å²) in [6.07, 6.45) is 7.63. The summed E-state index contributed by atoms with van der Waals surface area (Å²) < 4.78 is 27.8. The number of hydrogen-bond acceptors (Lipinski definition) is 14. The van der Waals surface area contributed by atoms with E-state index < -0.39 is 0 Å². The third kappa shape index (κ3) is 8.57. The number of fused-ring (bicyclic) bond motifs is 20. The van der Waals surface area contributed by atoms with E-state index in [0.717, 1.165) is 171 Å². The molecule has 0 radical (unpaired) electrons. The Balaban J connectivity index is 1.08. The summed E-state index contributed by atoms with van der Waals surface area (Å²) in [5.74, 6) is 4.90. The number of nitrogens with one attached hydrogen (secondary N) is 2. The summed E-state index contributed by atoms with van der Waals surface area (Å²) in [6, 6.07) is 24.6. The number of benzene rings is 4. The first-order valence-corrected chi connectivity index (χ1v) is 26.0. The monoisotopic (exact) mass is 967 g/mol.